The van der Waals surface area contributed by atoms with E-state index in [1.54, 1.807) is 0 Å². The Balaban J connectivity index is 2.36. The first-order chi connectivity index (χ1) is 13.3. The van der Waals surface area contributed by atoms with Crippen molar-refractivity contribution in [2.45, 2.75) is 89.9 Å². The van der Waals surface area contributed by atoms with Gasteiger partial charge in [-0.3, -0.25) is 14.4 Å². The molecular weight excluding hydrogens is 366 g/mol. The van der Waals surface area contributed by atoms with Gasteiger partial charge < -0.3 is 4.74 Å². The zero-order chi connectivity index (χ0) is 21.0. The van der Waals surface area contributed by atoms with Gasteiger partial charge >= 0.3 is 11.9 Å². The van der Waals surface area contributed by atoms with Crippen molar-refractivity contribution in [2.24, 2.45) is 11.8 Å². The molecule has 1 aliphatic carbocycles. The number of ketones is 2. The molecule has 0 N–H and O–H groups in total. The molecule has 6 heteroatoms. The minimum Gasteiger partial charge on any atom is -0.469 e. The van der Waals surface area contributed by atoms with Gasteiger partial charge in [0, 0.05) is 31.6 Å². The van der Waals surface area contributed by atoms with Crippen LogP contribution in [0.2, 0.25) is 0 Å². The highest BCUT2D eigenvalue weighted by Gasteiger charge is 2.39. The highest BCUT2D eigenvalue weighted by molar-refractivity contribution is 5.86. The molecule has 1 aliphatic rings. The Hall–Kier alpha value is -1.59. The van der Waals surface area contributed by atoms with E-state index in [2.05, 4.69) is 4.74 Å². The van der Waals surface area contributed by atoms with Crippen LogP contribution in [-0.2, 0) is 19.1 Å². The Morgan fingerprint density at radius 1 is 1.18 bits per heavy atom. The number of halogens is 2. The summed E-state index contributed by atoms with van der Waals surface area (Å²) >= 11 is 0. The Morgan fingerprint density at radius 2 is 1.93 bits per heavy atom. The van der Waals surface area contributed by atoms with Gasteiger partial charge in [0.1, 0.15) is 5.78 Å². The summed E-state index contributed by atoms with van der Waals surface area (Å²) in [6, 6.07) is 0. The summed E-state index contributed by atoms with van der Waals surface area (Å²) in [4.78, 5) is 35.0. The number of hydrogen-bond acceptors (Lipinski definition) is 4. The van der Waals surface area contributed by atoms with Crippen molar-refractivity contribution in [1.29, 1.82) is 0 Å². The van der Waals surface area contributed by atoms with Gasteiger partial charge in [-0.15, -0.1) is 0 Å². The van der Waals surface area contributed by atoms with Crippen LogP contribution in [0.25, 0.3) is 0 Å². The fourth-order valence-corrected chi connectivity index (χ4v) is 3.68. The predicted octanol–water partition coefficient (Wildman–Crippen LogP) is 5.44. The zero-order valence-electron chi connectivity index (χ0n) is 17.2. The van der Waals surface area contributed by atoms with Crippen molar-refractivity contribution in [1.82, 2.24) is 0 Å². The minimum atomic E-state index is -3.24. The molecule has 1 unspecified atom stereocenters. The number of esters is 1. The summed E-state index contributed by atoms with van der Waals surface area (Å²) in [5, 5.41) is 0. The molecule has 1 rings (SSSR count). The summed E-state index contributed by atoms with van der Waals surface area (Å²) in [6.07, 6.45) is 9.40. The molecule has 0 aromatic carbocycles. The molecule has 1 saturated carbocycles. The molecule has 28 heavy (non-hydrogen) atoms. The van der Waals surface area contributed by atoms with Crippen LogP contribution in [0.3, 0.4) is 0 Å². The third-order valence-corrected chi connectivity index (χ3v) is 5.52. The number of alkyl halides is 2. The van der Waals surface area contributed by atoms with Gasteiger partial charge in [-0.2, -0.15) is 8.78 Å². The number of unbranched alkanes of at least 4 members (excludes halogenated alkanes) is 3. The number of allylic oxidation sites excluding steroid dienone is 2. The van der Waals surface area contributed by atoms with Crippen LogP contribution in [0.4, 0.5) is 8.78 Å². The maximum Gasteiger partial charge on any atom is 0.305 e. The SMILES string of the molecule is CCCCC(F)(F)C(=O)CC[C@H]1CCC(=O)C1C/C=C\CCCCC(=O)OC. The largest absolute Gasteiger partial charge is 0.469 e. The maximum absolute atomic E-state index is 13.8. The van der Waals surface area contributed by atoms with E-state index >= 15 is 0 Å². The molecule has 0 spiro atoms. The van der Waals surface area contributed by atoms with Crippen molar-refractivity contribution in [3.63, 3.8) is 0 Å². The van der Waals surface area contributed by atoms with Gasteiger partial charge in [0.15, 0.2) is 0 Å². The Labute approximate surface area is 167 Å². The number of carbonyl (C=O) groups excluding carboxylic acids is 3. The average molecular weight is 401 g/mol. The molecule has 0 aromatic rings. The van der Waals surface area contributed by atoms with Gasteiger partial charge in [0.25, 0.3) is 0 Å². The first-order valence-corrected chi connectivity index (χ1v) is 10.5. The van der Waals surface area contributed by atoms with E-state index in [1.165, 1.54) is 7.11 Å². The smallest absolute Gasteiger partial charge is 0.305 e. The van der Waals surface area contributed by atoms with E-state index in [1.807, 2.05) is 19.1 Å². The van der Waals surface area contributed by atoms with Gasteiger partial charge in [-0.05, 0) is 50.9 Å². The van der Waals surface area contributed by atoms with Crippen molar-refractivity contribution >= 4 is 17.5 Å². The quantitative estimate of drug-likeness (QED) is 0.221. The van der Waals surface area contributed by atoms with Crippen molar-refractivity contribution in [3.05, 3.63) is 12.2 Å². The molecule has 0 bridgehead atoms. The average Bonchev–Trinajstić information content (AvgIpc) is 3.03. The van der Waals surface area contributed by atoms with Gasteiger partial charge in [0.05, 0.1) is 7.11 Å². The zero-order valence-corrected chi connectivity index (χ0v) is 17.2. The molecule has 0 aliphatic heterocycles. The molecule has 0 saturated heterocycles. The fourth-order valence-electron chi connectivity index (χ4n) is 3.68. The van der Waals surface area contributed by atoms with Crippen LogP contribution in [0.5, 0.6) is 0 Å². The van der Waals surface area contributed by atoms with Crippen molar-refractivity contribution in [2.75, 3.05) is 7.11 Å². The number of ether oxygens (including phenoxy) is 1. The molecule has 1 fully saturated rings. The monoisotopic (exact) mass is 400 g/mol. The van der Waals surface area contributed by atoms with Gasteiger partial charge in [-0.25, -0.2) is 0 Å². The second kappa shape index (κ2) is 12.8. The molecule has 0 amide bonds. The predicted molar refractivity (Wildman–Crippen MR) is 104 cm³/mol. The van der Waals surface area contributed by atoms with E-state index in [0.29, 0.717) is 44.9 Å². The fraction of sp³-hybridized carbons (Fsp3) is 0.773. The molecule has 4 nitrogen and oxygen atoms in total. The molecule has 0 heterocycles. The Bertz CT molecular complexity index is 543. The Morgan fingerprint density at radius 3 is 2.61 bits per heavy atom. The standard InChI is InChI=1S/C22H34F2O4/c1-3-4-16-22(23,24)20(26)15-13-17-12-14-19(25)18(17)10-8-6-5-7-9-11-21(27)28-2/h6,8,17-18H,3-5,7,9-16H2,1-2H3/b8-6-/t17-,18?/m1/s1. The maximum atomic E-state index is 13.8. The summed E-state index contributed by atoms with van der Waals surface area (Å²) in [6.45, 7) is 1.82. The van der Waals surface area contributed by atoms with E-state index in [-0.39, 0.29) is 36.4 Å². The number of rotatable bonds is 14. The summed E-state index contributed by atoms with van der Waals surface area (Å²) in [7, 11) is 1.37. The van der Waals surface area contributed by atoms with Gasteiger partial charge in [0.2, 0.25) is 5.78 Å². The molecule has 0 aromatic heterocycles. The summed E-state index contributed by atoms with van der Waals surface area (Å²) < 4.78 is 32.2. The summed E-state index contributed by atoms with van der Waals surface area (Å²) in [5.41, 5.74) is 0. The molecule has 2 atom stereocenters. The van der Waals surface area contributed by atoms with Crippen LogP contribution in [0.15, 0.2) is 12.2 Å². The third kappa shape index (κ3) is 8.61. The lowest BCUT2D eigenvalue weighted by Crippen LogP contribution is -2.29. The van der Waals surface area contributed by atoms with Crippen LogP contribution in [0.1, 0.15) is 84.0 Å². The van der Waals surface area contributed by atoms with Crippen molar-refractivity contribution < 1.29 is 27.9 Å². The topological polar surface area (TPSA) is 60.4 Å². The van der Waals surface area contributed by atoms with Crippen LogP contribution in [0, 0.1) is 11.8 Å². The second-order valence-electron chi connectivity index (χ2n) is 7.67. The third-order valence-electron chi connectivity index (χ3n) is 5.52. The van der Waals surface area contributed by atoms with Crippen LogP contribution < -0.4 is 0 Å². The highest BCUT2D eigenvalue weighted by Crippen LogP contribution is 2.36. The van der Waals surface area contributed by atoms with E-state index in [0.717, 1.165) is 19.3 Å². The lowest BCUT2D eigenvalue weighted by molar-refractivity contribution is -0.144. The first kappa shape index (κ1) is 24.4. The van der Waals surface area contributed by atoms with E-state index in [4.69, 9.17) is 0 Å². The molecular formula is C22H34F2O4. The van der Waals surface area contributed by atoms with Gasteiger partial charge in [-0.1, -0.05) is 25.5 Å². The molecule has 0 radical (unpaired) electrons. The van der Waals surface area contributed by atoms with Crippen molar-refractivity contribution in [3.8, 4) is 0 Å². The normalized spacial score (nSPS) is 20.1. The minimum absolute atomic E-state index is 0.0161. The number of carbonyl (C=O) groups is 3. The number of methoxy groups -OCH3 is 1. The molecule has 160 valence electrons. The lowest BCUT2D eigenvalue weighted by atomic mass is 9.87. The highest BCUT2D eigenvalue weighted by atomic mass is 19.3. The van der Waals surface area contributed by atoms with E-state index < -0.39 is 11.7 Å². The van der Waals surface area contributed by atoms with Crippen LogP contribution >= 0.6 is 0 Å². The first-order valence-electron chi connectivity index (χ1n) is 10.5. The van der Waals surface area contributed by atoms with Crippen LogP contribution in [-0.4, -0.2) is 30.6 Å². The second-order valence-corrected chi connectivity index (χ2v) is 7.67. The lowest BCUT2D eigenvalue weighted by Gasteiger charge is -2.19. The number of hydrogen-bond donors (Lipinski definition) is 0. The van der Waals surface area contributed by atoms with E-state index in [9.17, 15) is 23.2 Å². The number of Topliss-reactive ketones (excluding diaryl/α,β-unsaturated/α-hetero) is 2. The Kier molecular flexibility index (Phi) is 11.2. The summed E-state index contributed by atoms with van der Waals surface area (Å²) in [5.74, 6) is -4.41.